The lowest BCUT2D eigenvalue weighted by atomic mass is 10.1. The van der Waals surface area contributed by atoms with Gasteiger partial charge >= 0.3 is 5.97 Å². The zero-order valence-electron chi connectivity index (χ0n) is 9.23. The molecule has 0 saturated heterocycles. The number of carbonyl (C=O) groups is 2. The fraction of sp³-hybridized carbons (Fsp3) is 0.400. The van der Waals surface area contributed by atoms with E-state index in [2.05, 4.69) is 5.32 Å². The van der Waals surface area contributed by atoms with Crippen molar-refractivity contribution in [1.29, 1.82) is 0 Å². The lowest BCUT2D eigenvalue weighted by molar-refractivity contribution is -0.133. The fourth-order valence-corrected chi connectivity index (χ4v) is 1.64. The van der Waals surface area contributed by atoms with E-state index in [0.29, 0.717) is 5.00 Å². The van der Waals surface area contributed by atoms with E-state index in [-0.39, 0.29) is 11.5 Å². The Morgan fingerprint density at radius 3 is 2.56 bits per heavy atom. The van der Waals surface area contributed by atoms with Crippen LogP contribution in [-0.2, 0) is 9.53 Å². The van der Waals surface area contributed by atoms with Crippen LogP contribution >= 0.6 is 11.3 Å². The lowest BCUT2D eigenvalue weighted by Crippen LogP contribution is -2.38. The summed E-state index contributed by atoms with van der Waals surface area (Å²) in [6.45, 7) is 3.27. The minimum atomic E-state index is -1.01. The number of methoxy groups -OCH3 is 1. The minimum Gasteiger partial charge on any atom is -0.478 e. The first kappa shape index (κ1) is 12.7. The number of anilines is 1. The maximum Gasteiger partial charge on any atom is 0.336 e. The molecule has 0 radical (unpaired) electrons. The Hall–Kier alpha value is -1.40. The van der Waals surface area contributed by atoms with Crippen LogP contribution in [0, 0.1) is 0 Å². The van der Waals surface area contributed by atoms with Gasteiger partial charge in [-0.25, -0.2) is 4.79 Å². The number of aromatic carboxylic acids is 1. The Morgan fingerprint density at radius 2 is 2.12 bits per heavy atom. The first-order valence-corrected chi connectivity index (χ1v) is 5.43. The number of hydrogen-bond acceptors (Lipinski definition) is 4. The molecule has 1 heterocycles. The molecule has 0 saturated carbocycles. The summed E-state index contributed by atoms with van der Waals surface area (Å²) in [5.74, 6) is -1.32. The van der Waals surface area contributed by atoms with Crippen LogP contribution in [0.25, 0.3) is 0 Å². The lowest BCUT2D eigenvalue weighted by Gasteiger charge is -2.20. The van der Waals surface area contributed by atoms with Gasteiger partial charge in [0, 0.05) is 12.5 Å². The summed E-state index contributed by atoms with van der Waals surface area (Å²) in [7, 11) is 1.44. The van der Waals surface area contributed by atoms with Crippen molar-refractivity contribution in [3.63, 3.8) is 0 Å². The van der Waals surface area contributed by atoms with Gasteiger partial charge in [-0.3, -0.25) is 4.79 Å². The molecule has 0 aliphatic heterocycles. The Labute approximate surface area is 97.0 Å². The van der Waals surface area contributed by atoms with E-state index in [1.165, 1.54) is 18.6 Å². The van der Waals surface area contributed by atoms with E-state index < -0.39 is 11.6 Å². The fourth-order valence-electron chi connectivity index (χ4n) is 0.869. The average molecular weight is 243 g/mol. The Balaban J connectivity index is 2.74. The Morgan fingerprint density at radius 1 is 1.50 bits per heavy atom. The molecular weight excluding hydrogens is 230 g/mol. The van der Waals surface area contributed by atoms with Crippen molar-refractivity contribution in [1.82, 2.24) is 0 Å². The molecule has 0 unspecified atom stereocenters. The number of rotatable bonds is 4. The molecule has 1 aromatic heterocycles. The molecule has 1 rings (SSSR count). The summed E-state index contributed by atoms with van der Waals surface area (Å²) in [5, 5.41) is 13.3. The van der Waals surface area contributed by atoms with Gasteiger partial charge in [-0.15, -0.1) is 11.3 Å². The number of carboxylic acid groups (broad SMARTS) is 1. The number of carboxylic acids is 1. The number of thiophene rings is 1. The van der Waals surface area contributed by atoms with Gasteiger partial charge in [-0.05, 0) is 19.9 Å². The second-order valence-electron chi connectivity index (χ2n) is 3.67. The standard InChI is InChI=1S/C10H13NO4S/c1-10(2,15-3)9(14)11-7-4-6(5-16-7)8(12)13/h4-5H,1-3H3,(H,11,14)(H,12,13). The Bertz CT molecular complexity index is 411. The predicted molar refractivity (Wildman–Crippen MR) is 61.0 cm³/mol. The quantitative estimate of drug-likeness (QED) is 0.845. The van der Waals surface area contributed by atoms with Crippen molar-refractivity contribution in [3.8, 4) is 0 Å². The van der Waals surface area contributed by atoms with Crippen LogP contribution in [0.15, 0.2) is 11.4 Å². The molecular formula is C10H13NO4S. The molecule has 88 valence electrons. The van der Waals surface area contributed by atoms with E-state index in [4.69, 9.17) is 9.84 Å². The van der Waals surface area contributed by atoms with Crippen molar-refractivity contribution in [2.24, 2.45) is 0 Å². The van der Waals surface area contributed by atoms with Crippen molar-refractivity contribution < 1.29 is 19.4 Å². The highest BCUT2D eigenvalue weighted by Gasteiger charge is 2.27. The van der Waals surface area contributed by atoms with Gasteiger partial charge in [-0.2, -0.15) is 0 Å². The first-order valence-electron chi connectivity index (χ1n) is 4.55. The van der Waals surface area contributed by atoms with Gasteiger partial charge in [0.15, 0.2) is 0 Å². The molecule has 0 spiro atoms. The van der Waals surface area contributed by atoms with E-state index in [1.807, 2.05) is 0 Å². The number of amides is 1. The topological polar surface area (TPSA) is 75.6 Å². The molecule has 0 atom stereocenters. The van der Waals surface area contributed by atoms with Crippen molar-refractivity contribution >= 4 is 28.2 Å². The van der Waals surface area contributed by atoms with E-state index in [0.717, 1.165) is 11.3 Å². The maximum atomic E-state index is 11.7. The molecule has 0 bridgehead atoms. The van der Waals surface area contributed by atoms with Gasteiger partial charge in [0.05, 0.1) is 10.6 Å². The highest BCUT2D eigenvalue weighted by atomic mass is 32.1. The molecule has 1 amide bonds. The van der Waals surface area contributed by atoms with Crippen molar-refractivity contribution in [2.75, 3.05) is 12.4 Å². The summed E-state index contributed by atoms with van der Waals surface area (Å²) in [5.41, 5.74) is -0.775. The smallest absolute Gasteiger partial charge is 0.336 e. The molecule has 2 N–H and O–H groups in total. The molecule has 6 heteroatoms. The number of hydrogen-bond donors (Lipinski definition) is 2. The van der Waals surface area contributed by atoms with Gasteiger partial charge < -0.3 is 15.2 Å². The number of carbonyl (C=O) groups excluding carboxylic acids is 1. The molecule has 5 nitrogen and oxygen atoms in total. The van der Waals surface area contributed by atoms with Crippen LogP contribution in [0.1, 0.15) is 24.2 Å². The minimum absolute atomic E-state index is 0.163. The van der Waals surface area contributed by atoms with Gasteiger partial charge in [0.25, 0.3) is 5.91 Å². The highest BCUT2D eigenvalue weighted by Crippen LogP contribution is 2.22. The molecule has 0 fully saturated rings. The normalized spacial score (nSPS) is 11.2. The summed E-state index contributed by atoms with van der Waals surface area (Å²) in [6, 6.07) is 1.41. The zero-order chi connectivity index (χ0) is 12.3. The molecule has 1 aromatic rings. The second-order valence-corrected chi connectivity index (χ2v) is 4.58. The molecule has 0 aliphatic carbocycles. The van der Waals surface area contributed by atoms with E-state index in [1.54, 1.807) is 13.8 Å². The van der Waals surface area contributed by atoms with Crippen LogP contribution < -0.4 is 5.32 Å². The summed E-state index contributed by atoms with van der Waals surface area (Å²) >= 11 is 1.16. The van der Waals surface area contributed by atoms with E-state index >= 15 is 0 Å². The summed E-state index contributed by atoms with van der Waals surface area (Å²) in [4.78, 5) is 22.3. The Kier molecular flexibility index (Phi) is 3.66. The number of ether oxygens (including phenoxy) is 1. The third-order valence-corrected chi connectivity index (χ3v) is 2.99. The van der Waals surface area contributed by atoms with Gasteiger partial charge in [0.2, 0.25) is 0 Å². The molecule has 0 aliphatic rings. The van der Waals surface area contributed by atoms with Gasteiger partial charge in [0.1, 0.15) is 5.60 Å². The van der Waals surface area contributed by atoms with E-state index in [9.17, 15) is 9.59 Å². The predicted octanol–water partition coefficient (Wildman–Crippen LogP) is 1.81. The first-order chi connectivity index (χ1) is 7.36. The third kappa shape index (κ3) is 2.80. The summed E-state index contributed by atoms with van der Waals surface area (Å²) in [6.07, 6.45) is 0. The van der Waals surface area contributed by atoms with Crippen LogP contribution in [0.3, 0.4) is 0 Å². The van der Waals surface area contributed by atoms with Crippen LogP contribution in [0.4, 0.5) is 5.00 Å². The average Bonchev–Trinajstić information content (AvgIpc) is 2.66. The third-order valence-electron chi connectivity index (χ3n) is 2.14. The maximum absolute atomic E-state index is 11.7. The second kappa shape index (κ2) is 4.63. The van der Waals surface area contributed by atoms with Crippen LogP contribution in [0.5, 0.6) is 0 Å². The zero-order valence-corrected chi connectivity index (χ0v) is 10.1. The number of nitrogens with one attached hydrogen (secondary N) is 1. The summed E-state index contributed by atoms with van der Waals surface area (Å²) < 4.78 is 5.00. The largest absolute Gasteiger partial charge is 0.478 e. The van der Waals surface area contributed by atoms with Gasteiger partial charge in [-0.1, -0.05) is 0 Å². The molecule has 16 heavy (non-hydrogen) atoms. The van der Waals surface area contributed by atoms with Crippen LogP contribution in [0.2, 0.25) is 0 Å². The SMILES string of the molecule is COC(C)(C)C(=O)Nc1cc(C(=O)O)cs1. The van der Waals surface area contributed by atoms with Crippen molar-refractivity contribution in [2.45, 2.75) is 19.4 Å². The molecule has 0 aromatic carbocycles. The highest BCUT2D eigenvalue weighted by molar-refractivity contribution is 7.14. The van der Waals surface area contributed by atoms with Crippen LogP contribution in [-0.4, -0.2) is 29.7 Å². The monoisotopic (exact) mass is 243 g/mol. The van der Waals surface area contributed by atoms with Crippen molar-refractivity contribution in [3.05, 3.63) is 17.0 Å².